The summed E-state index contributed by atoms with van der Waals surface area (Å²) in [5.74, 6) is -0.389. The first-order chi connectivity index (χ1) is 11.6. The maximum Gasteiger partial charge on any atom is 0.270 e. The highest BCUT2D eigenvalue weighted by Crippen LogP contribution is 2.18. The van der Waals surface area contributed by atoms with Gasteiger partial charge in [-0.15, -0.1) is 0 Å². The van der Waals surface area contributed by atoms with E-state index < -0.39 is 6.10 Å². The van der Waals surface area contributed by atoms with Gasteiger partial charge in [0, 0.05) is 32.4 Å². The summed E-state index contributed by atoms with van der Waals surface area (Å²) in [6.45, 7) is 5.85. The van der Waals surface area contributed by atoms with E-state index in [0.29, 0.717) is 6.54 Å². The Morgan fingerprint density at radius 3 is 2.92 bits per heavy atom. The van der Waals surface area contributed by atoms with Gasteiger partial charge < -0.3 is 16.2 Å². The molecule has 1 atom stereocenters. The zero-order valence-corrected chi connectivity index (χ0v) is 13.7. The van der Waals surface area contributed by atoms with E-state index in [9.17, 15) is 9.90 Å². The van der Waals surface area contributed by atoms with Gasteiger partial charge in [0.1, 0.15) is 5.71 Å². The Hall–Kier alpha value is -2.44. The van der Waals surface area contributed by atoms with Crippen LogP contribution >= 0.6 is 0 Å². The largest absolute Gasteiger partial charge is 0.405 e. The van der Waals surface area contributed by atoms with Crippen LogP contribution in [0.25, 0.3) is 0 Å². The summed E-state index contributed by atoms with van der Waals surface area (Å²) in [6.07, 6.45) is 4.24. The molecule has 1 aliphatic rings. The molecule has 0 bridgehead atoms. The van der Waals surface area contributed by atoms with Gasteiger partial charge in [-0.25, -0.2) is 0 Å². The lowest BCUT2D eigenvalue weighted by Crippen LogP contribution is -2.43. The minimum Gasteiger partial charge on any atom is -0.405 e. The number of hydrogen-bond donors (Lipinski definition) is 3. The highest BCUT2D eigenvalue weighted by molar-refractivity contribution is 6.43. The SMILES string of the molecule is C=CN=C(/C=C\N)C(=O)NCC(O)CN1CCc2ccccc2C1. The van der Waals surface area contributed by atoms with Crippen molar-refractivity contribution in [1.29, 1.82) is 0 Å². The fourth-order valence-corrected chi connectivity index (χ4v) is 2.74. The number of benzene rings is 1. The Morgan fingerprint density at radius 2 is 2.21 bits per heavy atom. The highest BCUT2D eigenvalue weighted by Gasteiger charge is 2.19. The molecule has 128 valence electrons. The van der Waals surface area contributed by atoms with Crippen LogP contribution in [0.5, 0.6) is 0 Å². The maximum absolute atomic E-state index is 12.0. The van der Waals surface area contributed by atoms with Crippen LogP contribution in [0.2, 0.25) is 0 Å². The van der Waals surface area contributed by atoms with Crippen LogP contribution in [-0.4, -0.2) is 47.4 Å². The number of nitrogens with zero attached hydrogens (tertiary/aromatic N) is 2. The number of fused-ring (bicyclic) bond motifs is 1. The number of rotatable bonds is 7. The summed E-state index contributed by atoms with van der Waals surface area (Å²) in [5.41, 5.74) is 8.11. The second-order valence-corrected chi connectivity index (χ2v) is 5.67. The number of carbonyl (C=O) groups excluding carboxylic acids is 1. The van der Waals surface area contributed by atoms with E-state index in [1.807, 2.05) is 6.07 Å². The molecule has 0 spiro atoms. The van der Waals surface area contributed by atoms with E-state index in [2.05, 4.69) is 40.0 Å². The van der Waals surface area contributed by atoms with Gasteiger partial charge in [0.15, 0.2) is 0 Å². The third kappa shape index (κ3) is 5.04. The minimum atomic E-state index is -0.647. The van der Waals surface area contributed by atoms with Crippen molar-refractivity contribution >= 4 is 11.6 Å². The number of nitrogens with one attached hydrogen (secondary N) is 1. The molecule has 0 saturated carbocycles. The molecule has 0 fully saturated rings. The molecule has 0 aromatic heterocycles. The van der Waals surface area contributed by atoms with Gasteiger partial charge in [-0.1, -0.05) is 30.8 Å². The van der Waals surface area contributed by atoms with Crippen molar-refractivity contribution in [3.05, 3.63) is 60.4 Å². The lowest BCUT2D eigenvalue weighted by molar-refractivity contribution is -0.115. The van der Waals surface area contributed by atoms with Crippen molar-refractivity contribution in [1.82, 2.24) is 10.2 Å². The van der Waals surface area contributed by atoms with Crippen LogP contribution in [0.4, 0.5) is 0 Å². The van der Waals surface area contributed by atoms with Crippen LogP contribution in [0.15, 0.2) is 54.3 Å². The quantitative estimate of drug-likeness (QED) is 0.639. The van der Waals surface area contributed by atoms with Crippen molar-refractivity contribution in [3.63, 3.8) is 0 Å². The number of aliphatic hydroxyl groups excluding tert-OH is 1. The van der Waals surface area contributed by atoms with E-state index in [4.69, 9.17) is 5.73 Å². The molecule has 2 rings (SSSR count). The summed E-state index contributed by atoms with van der Waals surface area (Å²) in [4.78, 5) is 18.0. The van der Waals surface area contributed by atoms with Gasteiger partial charge in [0.25, 0.3) is 5.91 Å². The number of hydrogen-bond acceptors (Lipinski definition) is 5. The molecule has 1 aromatic rings. The fourth-order valence-electron chi connectivity index (χ4n) is 2.74. The smallest absolute Gasteiger partial charge is 0.270 e. The number of aliphatic imine (C=N–C) groups is 1. The Labute approximate surface area is 142 Å². The summed E-state index contributed by atoms with van der Waals surface area (Å²) < 4.78 is 0. The molecule has 1 amide bonds. The van der Waals surface area contributed by atoms with Crippen LogP contribution < -0.4 is 11.1 Å². The van der Waals surface area contributed by atoms with Crippen LogP contribution in [0.3, 0.4) is 0 Å². The molecular weight excluding hydrogens is 304 g/mol. The molecule has 24 heavy (non-hydrogen) atoms. The zero-order chi connectivity index (χ0) is 17.4. The Morgan fingerprint density at radius 1 is 1.46 bits per heavy atom. The van der Waals surface area contributed by atoms with Crippen LogP contribution in [0, 0.1) is 0 Å². The highest BCUT2D eigenvalue weighted by atomic mass is 16.3. The predicted octanol–water partition coefficient (Wildman–Crippen LogP) is 0.579. The van der Waals surface area contributed by atoms with Gasteiger partial charge >= 0.3 is 0 Å². The maximum atomic E-state index is 12.0. The van der Waals surface area contributed by atoms with E-state index in [1.165, 1.54) is 29.6 Å². The average Bonchev–Trinajstić information content (AvgIpc) is 2.59. The van der Waals surface area contributed by atoms with Gasteiger partial charge in [0.2, 0.25) is 0 Å². The van der Waals surface area contributed by atoms with E-state index in [-0.39, 0.29) is 18.2 Å². The van der Waals surface area contributed by atoms with Crippen molar-refractivity contribution in [2.45, 2.75) is 19.1 Å². The van der Waals surface area contributed by atoms with Gasteiger partial charge in [-0.05, 0) is 29.8 Å². The minimum absolute atomic E-state index is 0.158. The number of aliphatic hydroxyl groups is 1. The summed E-state index contributed by atoms with van der Waals surface area (Å²) in [5, 5.41) is 12.8. The average molecular weight is 328 g/mol. The predicted molar refractivity (Wildman–Crippen MR) is 95.4 cm³/mol. The summed E-state index contributed by atoms with van der Waals surface area (Å²) in [7, 11) is 0. The van der Waals surface area contributed by atoms with Gasteiger partial charge in [-0.3, -0.25) is 14.7 Å². The number of nitrogens with two attached hydrogens (primary N) is 1. The molecule has 0 saturated heterocycles. The molecule has 1 heterocycles. The van der Waals surface area contributed by atoms with E-state index in [0.717, 1.165) is 19.5 Å². The van der Waals surface area contributed by atoms with Crippen molar-refractivity contribution < 1.29 is 9.90 Å². The Balaban J connectivity index is 1.81. The molecule has 4 N–H and O–H groups in total. The second kappa shape index (κ2) is 9.00. The molecule has 1 aromatic carbocycles. The number of amides is 1. The first-order valence-electron chi connectivity index (χ1n) is 7.96. The van der Waals surface area contributed by atoms with Crippen LogP contribution in [-0.2, 0) is 17.8 Å². The topological polar surface area (TPSA) is 90.9 Å². The second-order valence-electron chi connectivity index (χ2n) is 5.67. The standard InChI is InChI=1S/C18H24N4O2/c1-2-20-17(7-9-19)18(24)21-11-16(23)13-22-10-8-14-5-3-4-6-15(14)12-22/h2-7,9,16,23H,1,8,10-13,19H2,(H,21,24)/b9-7-,20-17?. The first kappa shape index (κ1) is 17.9. The van der Waals surface area contributed by atoms with E-state index >= 15 is 0 Å². The molecule has 1 aliphatic heterocycles. The molecular formula is C18H24N4O2. The number of carbonyl (C=O) groups is 1. The third-order valence-electron chi connectivity index (χ3n) is 3.89. The lowest BCUT2D eigenvalue weighted by Gasteiger charge is -2.30. The van der Waals surface area contributed by atoms with Gasteiger partial charge in [-0.2, -0.15) is 0 Å². The Bertz CT molecular complexity index is 640. The first-order valence-corrected chi connectivity index (χ1v) is 7.96. The molecule has 6 nitrogen and oxygen atoms in total. The van der Waals surface area contributed by atoms with E-state index in [1.54, 1.807) is 0 Å². The van der Waals surface area contributed by atoms with Crippen LogP contribution in [0.1, 0.15) is 11.1 Å². The monoisotopic (exact) mass is 328 g/mol. The molecule has 1 unspecified atom stereocenters. The molecule has 0 radical (unpaired) electrons. The normalized spacial score (nSPS) is 16.6. The van der Waals surface area contributed by atoms with Crippen molar-refractivity contribution in [3.8, 4) is 0 Å². The lowest BCUT2D eigenvalue weighted by atomic mass is 10.00. The summed E-state index contributed by atoms with van der Waals surface area (Å²) >= 11 is 0. The van der Waals surface area contributed by atoms with Gasteiger partial charge in [0.05, 0.1) is 6.10 Å². The summed E-state index contributed by atoms with van der Waals surface area (Å²) in [6, 6.07) is 8.35. The fraction of sp³-hybridized carbons (Fsp3) is 0.333. The van der Waals surface area contributed by atoms with Crippen molar-refractivity contribution in [2.24, 2.45) is 10.7 Å². The third-order valence-corrected chi connectivity index (χ3v) is 3.89. The van der Waals surface area contributed by atoms with Crippen molar-refractivity contribution in [2.75, 3.05) is 19.6 Å². The number of β-amino-alcohol motifs (C(OH)–C–C–N with tert-alkyl or cyclic N) is 1. The Kier molecular flexibility index (Phi) is 6.72. The molecule has 0 aliphatic carbocycles. The molecule has 6 heteroatoms. The zero-order valence-electron chi connectivity index (χ0n) is 13.7.